The number of pyridine rings is 6. The molecule has 12 aromatic rings. The van der Waals surface area contributed by atoms with Crippen molar-refractivity contribution in [2.45, 2.75) is 197 Å². The largest absolute Gasteiger partial charge is 2.00 e. The van der Waals surface area contributed by atoms with Gasteiger partial charge in [-0.1, -0.05) is 197 Å². The third-order valence-electron chi connectivity index (χ3n) is 14.6. The molecule has 0 fully saturated rings. The number of nitrogens with zero attached hydrogens (tertiary/aromatic N) is 18. The molecule has 0 saturated carbocycles. The molecular formula is C84H112B2Cu7F14N18O8. The molecule has 0 aliphatic rings. The first-order valence-electron chi connectivity index (χ1n) is 38.1. The Hall–Kier alpha value is -7.37. The SMILES string of the molecule is CC(C)(C)c1cc(-c2ccccn2)n[n-]1.CC(C)(C)c1cc(-c2ccccn2)n[n-]1.CC(C)(C)c1cc(-c2ccccn2)n[n-]1.CC(C)(C)c1cc(-c2ccccn2)n[n-]1.CC(C)(C)c1cc(-c2ccccn2)n[n-]1.CC(C)(C)c1cc(-c2ccccn2)n[n-]1.CCOCC.CCOCC.F[B-](F)(F)F.F[B-](F)(F)F.[Cu+2].[Cu+2].[Cu+2].[Cu+2].[Cu+2].[Cu+2].[Cu+2].[O-]CC(F)(F)F.[O-]CC(F)(F)F.[OH-].[OH-].[OH-].[OH-]. The third-order valence-corrected chi connectivity index (χ3v) is 14.6. The molecular weight excluding hydrogens is 2120 g/mol. The second-order valence-corrected chi connectivity index (χ2v) is 31.6. The van der Waals surface area contributed by atoms with E-state index in [-0.39, 0.29) is 174 Å². The zero-order valence-electron chi connectivity index (χ0n) is 76.6. The minimum atomic E-state index is -6.00. The molecule has 767 valence electrons. The van der Waals surface area contributed by atoms with Crippen LogP contribution in [0.2, 0.25) is 0 Å². The summed E-state index contributed by atoms with van der Waals surface area (Å²) in [6.07, 6.45) is 1.56. The van der Waals surface area contributed by atoms with E-state index < -0.39 is 40.1 Å². The molecule has 0 unspecified atom stereocenters. The summed E-state index contributed by atoms with van der Waals surface area (Å²) in [6.45, 7) is 45.6. The normalized spacial score (nSPS) is 10.5. The predicted molar refractivity (Wildman–Crippen MR) is 451 cm³/mol. The van der Waals surface area contributed by atoms with E-state index in [9.17, 15) is 60.9 Å². The first-order chi connectivity index (χ1) is 56.4. The van der Waals surface area contributed by atoms with Crippen molar-refractivity contribution in [1.82, 2.24) is 91.1 Å². The standard InChI is InChI=1S/6C12H14N3.2C4H10O.2C2H2F3O.2BF4.7Cu.4H2O/c6*1-12(2,3)11-8-10(14-15-11)9-6-4-5-7-13-9;2*1-3-5-4-2;2*3-2(4,5)1-6;2*2-1(3,4)5;;;;;;;;;;;/h6*4-8H,1-3H3;2*3-4H2,1-2H3;2*1H2;;;;;;;;;;4*1H2/q6*-1;;;4*-1;7*+2;;;;/p-4. The molecule has 0 spiro atoms. The molecule has 0 bridgehead atoms. The van der Waals surface area contributed by atoms with Crippen LogP contribution in [0.15, 0.2) is 183 Å². The van der Waals surface area contributed by atoms with Crippen LogP contribution in [0.1, 0.15) is 186 Å². The maximum Gasteiger partial charge on any atom is 2.00 e. The van der Waals surface area contributed by atoms with Crippen LogP contribution in [-0.4, -0.2) is 149 Å². The van der Waals surface area contributed by atoms with E-state index in [2.05, 4.69) is 216 Å². The molecule has 0 atom stereocenters. The van der Waals surface area contributed by atoms with E-state index in [1.54, 1.807) is 37.2 Å². The zero-order chi connectivity index (χ0) is 93.0. The van der Waals surface area contributed by atoms with Crippen molar-refractivity contribution < 1.29 is 222 Å². The van der Waals surface area contributed by atoms with Gasteiger partial charge in [0.25, 0.3) is 0 Å². The van der Waals surface area contributed by atoms with E-state index in [0.29, 0.717) is 0 Å². The third kappa shape index (κ3) is 69.1. The van der Waals surface area contributed by atoms with Crippen LogP contribution >= 0.6 is 0 Å². The molecule has 0 aliphatic heterocycles. The Morgan fingerprint density at radius 2 is 0.361 bits per heavy atom. The predicted octanol–water partition coefficient (Wildman–Crippen LogP) is 18.2. The van der Waals surface area contributed by atoms with Crippen molar-refractivity contribution >= 4 is 14.5 Å². The second kappa shape index (κ2) is 72.0. The van der Waals surface area contributed by atoms with Gasteiger partial charge in [0.2, 0.25) is 0 Å². The Labute approximate surface area is 843 Å². The second-order valence-electron chi connectivity index (χ2n) is 31.6. The van der Waals surface area contributed by atoms with Crippen molar-refractivity contribution in [3.8, 4) is 68.3 Å². The van der Waals surface area contributed by atoms with Gasteiger partial charge in [-0.2, -0.15) is 26.3 Å². The maximum atomic E-state index is 10.5. The summed E-state index contributed by atoms with van der Waals surface area (Å²) >= 11 is 0. The molecule has 49 heteroatoms. The van der Waals surface area contributed by atoms with E-state index in [4.69, 9.17) is 19.7 Å². The van der Waals surface area contributed by atoms with E-state index in [0.717, 1.165) is 129 Å². The summed E-state index contributed by atoms with van der Waals surface area (Å²) in [5.41, 5.74) is 16.6. The summed E-state index contributed by atoms with van der Waals surface area (Å²) in [5.74, 6) is 0. The van der Waals surface area contributed by atoms with Crippen molar-refractivity contribution in [3.63, 3.8) is 0 Å². The molecule has 0 saturated heterocycles. The Kier molecular flexibility index (Phi) is 80.4. The molecule has 7 radical (unpaired) electrons. The van der Waals surface area contributed by atoms with Gasteiger partial charge in [-0.05, 0) is 146 Å². The van der Waals surface area contributed by atoms with E-state index in [1.807, 2.05) is 173 Å². The molecule has 133 heavy (non-hydrogen) atoms. The number of rotatable bonds is 10. The fourth-order valence-corrected chi connectivity index (χ4v) is 8.21. The van der Waals surface area contributed by atoms with Crippen LogP contribution in [0, 0.1) is 0 Å². The van der Waals surface area contributed by atoms with Gasteiger partial charge in [0.15, 0.2) is 0 Å². The van der Waals surface area contributed by atoms with Gasteiger partial charge in [0, 0.05) is 63.6 Å². The molecule has 0 aromatic carbocycles. The number of hydrogen-bond acceptors (Lipinski definition) is 20. The number of ether oxygens (including phenoxy) is 2. The summed E-state index contributed by atoms with van der Waals surface area (Å²) in [6, 6.07) is 46.7. The average Bonchev–Trinajstić information content (AvgIpc) is 1.74. The first kappa shape index (κ1) is 149. The van der Waals surface area contributed by atoms with Gasteiger partial charge in [0.1, 0.15) is 0 Å². The molecule has 26 nitrogen and oxygen atoms in total. The molecule has 4 N–H and O–H groups in total. The summed E-state index contributed by atoms with van der Waals surface area (Å²) in [5, 5.41) is 67.5. The van der Waals surface area contributed by atoms with E-state index in [1.165, 1.54) is 0 Å². The van der Waals surface area contributed by atoms with Gasteiger partial charge < -0.3 is 137 Å². The van der Waals surface area contributed by atoms with Gasteiger partial charge in [0.05, 0.1) is 68.3 Å². The van der Waals surface area contributed by atoms with Crippen molar-refractivity contribution in [1.29, 1.82) is 0 Å². The van der Waals surface area contributed by atoms with Crippen LogP contribution in [-0.2, 0) is 161 Å². The van der Waals surface area contributed by atoms with Crippen LogP contribution in [0.3, 0.4) is 0 Å². The number of halogens is 14. The van der Waals surface area contributed by atoms with Crippen molar-refractivity contribution in [3.05, 3.63) is 217 Å². The number of hydrogen-bond donors (Lipinski definition) is 0. The minimum Gasteiger partial charge on any atom is -0.870 e. The fourth-order valence-electron chi connectivity index (χ4n) is 8.21. The van der Waals surface area contributed by atoms with Crippen LogP contribution < -0.4 is 40.8 Å². The van der Waals surface area contributed by atoms with Crippen LogP contribution in [0.5, 0.6) is 0 Å². The molecule has 12 rings (SSSR count). The first-order valence-corrected chi connectivity index (χ1v) is 38.1. The molecule has 0 amide bonds. The Morgan fingerprint density at radius 1 is 0.248 bits per heavy atom. The molecule has 0 aliphatic carbocycles. The van der Waals surface area contributed by atoms with Gasteiger partial charge >= 0.3 is 146 Å². The number of alkyl halides is 6. The summed E-state index contributed by atoms with van der Waals surface area (Å²) < 4.78 is 151. The summed E-state index contributed by atoms with van der Waals surface area (Å²) in [4.78, 5) is 25.5. The van der Waals surface area contributed by atoms with Crippen molar-refractivity contribution in [2.24, 2.45) is 0 Å². The Balaban J connectivity index is -0.000000138. The average molecular weight is 2230 g/mol. The van der Waals surface area contributed by atoms with E-state index >= 15 is 0 Å². The van der Waals surface area contributed by atoms with Crippen molar-refractivity contribution in [2.75, 3.05) is 39.6 Å². The van der Waals surface area contributed by atoms with Crippen LogP contribution in [0.4, 0.5) is 60.9 Å². The maximum absolute atomic E-state index is 10.5. The Bertz CT molecular complexity index is 3990. The number of aromatic nitrogens is 18. The monoisotopic (exact) mass is 2230 g/mol. The quantitative estimate of drug-likeness (QED) is 0.0906. The Morgan fingerprint density at radius 3 is 0.421 bits per heavy atom. The summed E-state index contributed by atoms with van der Waals surface area (Å²) in [7, 11) is -12.0. The fraction of sp³-hybridized carbons (Fsp3) is 0.429. The zero-order valence-corrected chi connectivity index (χ0v) is 83.2. The molecule has 12 heterocycles. The van der Waals surface area contributed by atoms with Gasteiger partial charge in [-0.3, -0.25) is 29.9 Å². The smallest absolute Gasteiger partial charge is 0.870 e. The topological polar surface area (TPSA) is 424 Å². The van der Waals surface area contributed by atoms with Crippen LogP contribution in [0.25, 0.3) is 68.3 Å². The molecule has 12 aromatic heterocycles. The minimum absolute atomic E-state index is 0. The van der Waals surface area contributed by atoms with Gasteiger partial charge in [-0.25, -0.2) is 0 Å². The van der Waals surface area contributed by atoms with Gasteiger partial charge in [-0.15, -0.1) is 34.2 Å².